The summed E-state index contributed by atoms with van der Waals surface area (Å²) in [7, 11) is 0. The molecule has 0 radical (unpaired) electrons. The quantitative estimate of drug-likeness (QED) is 0.833. The number of nitrogens with two attached hydrogens (primary N) is 1. The average molecular weight is 368 g/mol. The number of halogens is 5. The van der Waals surface area contributed by atoms with Crippen molar-refractivity contribution in [2.75, 3.05) is 11.1 Å². The number of benzene rings is 1. The van der Waals surface area contributed by atoms with Crippen LogP contribution in [0.2, 0.25) is 5.02 Å². The van der Waals surface area contributed by atoms with Gasteiger partial charge in [-0.2, -0.15) is 13.2 Å². The standard InChI is InChI=1S/C11H7BrClF3N4/c12-9-5(13)2-1-3-6(9)18-8-4-7(17)19-10(20-8)11(14,15)16/h1-4H,(H3,17,18,19,20). The molecule has 0 aliphatic heterocycles. The Morgan fingerprint density at radius 2 is 1.95 bits per heavy atom. The van der Waals surface area contributed by atoms with Crippen LogP contribution in [0.3, 0.4) is 0 Å². The van der Waals surface area contributed by atoms with Gasteiger partial charge in [0.05, 0.1) is 15.2 Å². The number of nitrogens with one attached hydrogen (secondary N) is 1. The number of anilines is 3. The van der Waals surface area contributed by atoms with Gasteiger partial charge < -0.3 is 11.1 Å². The van der Waals surface area contributed by atoms with Gasteiger partial charge in [0.1, 0.15) is 11.6 Å². The third kappa shape index (κ3) is 3.31. The van der Waals surface area contributed by atoms with E-state index in [1.54, 1.807) is 18.2 Å². The highest BCUT2D eigenvalue weighted by Crippen LogP contribution is 2.33. The van der Waals surface area contributed by atoms with Crippen molar-refractivity contribution in [2.45, 2.75) is 6.18 Å². The summed E-state index contributed by atoms with van der Waals surface area (Å²) in [6.45, 7) is 0. The summed E-state index contributed by atoms with van der Waals surface area (Å²) in [4.78, 5) is 6.53. The van der Waals surface area contributed by atoms with Crippen molar-refractivity contribution in [3.63, 3.8) is 0 Å². The second kappa shape index (κ2) is 5.45. The van der Waals surface area contributed by atoms with E-state index in [0.717, 1.165) is 0 Å². The Bertz CT molecular complexity index is 648. The first-order chi connectivity index (χ1) is 9.27. The lowest BCUT2D eigenvalue weighted by Gasteiger charge is -2.11. The van der Waals surface area contributed by atoms with Gasteiger partial charge in [0, 0.05) is 6.07 Å². The van der Waals surface area contributed by atoms with Crippen LogP contribution in [0.25, 0.3) is 0 Å². The monoisotopic (exact) mass is 366 g/mol. The van der Waals surface area contributed by atoms with Gasteiger partial charge in [-0.3, -0.25) is 0 Å². The SMILES string of the molecule is Nc1cc(Nc2cccc(Cl)c2Br)nc(C(F)(F)F)n1. The second-order valence-electron chi connectivity index (χ2n) is 3.73. The summed E-state index contributed by atoms with van der Waals surface area (Å²) in [5.41, 5.74) is 5.81. The zero-order valence-electron chi connectivity index (χ0n) is 9.67. The van der Waals surface area contributed by atoms with E-state index in [0.29, 0.717) is 15.2 Å². The number of hydrogen-bond donors (Lipinski definition) is 2. The minimum atomic E-state index is -4.67. The van der Waals surface area contributed by atoms with Gasteiger partial charge in [-0.05, 0) is 28.1 Å². The molecule has 20 heavy (non-hydrogen) atoms. The molecular formula is C11H7BrClF3N4. The zero-order valence-corrected chi connectivity index (χ0v) is 12.0. The highest BCUT2D eigenvalue weighted by molar-refractivity contribution is 9.10. The van der Waals surface area contributed by atoms with E-state index in [1.165, 1.54) is 6.07 Å². The molecule has 0 spiro atoms. The fraction of sp³-hybridized carbons (Fsp3) is 0.0909. The smallest absolute Gasteiger partial charge is 0.384 e. The lowest BCUT2D eigenvalue weighted by atomic mass is 10.3. The molecule has 4 nitrogen and oxygen atoms in total. The molecule has 0 unspecified atom stereocenters. The molecule has 1 aromatic heterocycles. The largest absolute Gasteiger partial charge is 0.451 e. The van der Waals surface area contributed by atoms with E-state index in [9.17, 15) is 13.2 Å². The lowest BCUT2D eigenvalue weighted by Crippen LogP contribution is -2.13. The third-order valence-electron chi connectivity index (χ3n) is 2.21. The van der Waals surface area contributed by atoms with Crippen LogP contribution in [0.15, 0.2) is 28.7 Å². The molecule has 0 fully saturated rings. The van der Waals surface area contributed by atoms with E-state index in [4.69, 9.17) is 17.3 Å². The van der Waals surface area contributed by atoms with Crippen molar-refractivity contribution in [2.24, 2.45) is 0 Å². The molecule has 0 atom stereocenters. The number of nitrogen functional groups attached to an aromatic ring is 1. The Morgan fingerprint density at radius 1 is 1.25 bits per heavy atom. The molecule has 9 heteroatoms. The van der Waals surface area contributed by atoms with Crippen molar-refractivity contribution in [1.29, 1.82) is 0 Å². The Morgan fingerprint density at radius 3 is 2.60 bits per heavy atom. The number of nitrogens with zero attached hydrogens (tertiary/aromatic N) is 2. The van der Waals surface area contributed by atoms with Crippen molar-refractivity contribution >= 4 is 44.9 Å². The van der Waals surface area contributed by atoms with Crippen LogP contribution in [-0.2, 0) is 6.18 Å². The predicted octanol–water partition coefficient (Wildman–Crippen LogP) is 4.24. The molecule has 1 aromatic carbocycles. The average Bonchev–Trinajstić information content (AvgIpc) is 2.33. The van der Waals surface area contributed by atoms with Crippen LogP contribution >= 0.6 is 27.5 Å². The van der Waals surface area contributed by atoms with Gasteiger partial charge in [0.2, 0.25) is 5.82 Å². The number of aromatic nitrogens is 2. The number of hydrogen-bond acceptors (Lipinski definition) is 4. The van der Waals surface area contributed by atoms with Gasteiger partial charge in [-0.25, -0.2) is 9.97 Å². The van der Waals surface area contributed by atoms with Gasteiger partial charge in [0.25, 0.3) is 0 Å². The molecule has 1 heterocycles. The van der Waals surface area contributed by atoms with Crippen molar-refractivity contribution in [3.05, 3.63) is 39.6 Å². The molecule has 0 bridgehead atoms. The maximum Gasteiger partial charge on any atom is 0.451 e. The van der Waals surface area contributed by atoms with Crippen LogP contribution in [0.1, 0.15) is 5.82 Å². The maximum absolute atomic E-state index is 12.6. The number of alkyl halides is 3. The minimum absolute atomic E-state index is 0.0761. The molecule has 2 rings (SSSR count). The van der Waals surface area contributed by atoms with E-state index in [2.05, 4.69) is 31.2 Å². The fourth-order valence-corrected chi connectivity index (χ4v) is 1.93. The topological polar surface area (TPSA) is 63.8 Å². The van der Waals surface area contributed by atoms with Gasteiger partial charge in [-0.1, -0.05) is 17.7 Å². The fourth-order valence-electron chi connectivity index (χ4n) is 1.40. The van der Waals surface area contributed by atoms with E-state index >= 15 is 0 Å². The van der Waals surface area contributed by atoms with E-state index in [1.807, 2.05) is 0 Å². The Hall–Kier alpha value is -1.54. The molecule has 0 aliphatic carbocycles. The second-order valence-corrected chi connectivity index (χ2v) is 4.93. The first kappa shape index (κ1) is 14.9. The molecule has 0 amide bonds. The number of rotatable bonds is 2. The Labute approximate surface area is 125 Å². The predicted molar refractivity (Wildman–Crippen MR) is 73.9 cm³/mol. The molecule has 3 N–H and O–H groups in total. The van der Waals surface area contributed by atoms with Crippen molar-refractivity contribution < 1.29 is 13.2 Å². The van der Waals surface area contributed by atoms with Crippen LogP contribution < -0.4 is 11.1 Å². The summed E-state index contributed by atoms with van der Waals surface area (Å²) in [6, 6.07) is 6.10. The summed E-state index contributed by atoms with van der Waals surface area (Å²) >= 11 is 9.11. The normalized spacial score (nSPS) is 11.4. The zero-order chi connectivity index (χ0) is 14.9. The molecule has 106 valence electrons. The van der Waals surface area contributed by atoms with Gasteiger partial charge in [0.15, 0.2) is 0 Å². The third-order valence-corrected chi connectivity index (χ3v) is 3.61. The van der Waals surface area contributed by atoms with Crippen molar-refractivity contribution in [1.82, 2.24) is 9.97 Å². The van der Waals surface area contributed by atoms with E-state index in [-0.39, 0.29) is 11.6 Å². The molecule has 0 saturated carbocycles. The summed E-state index contributed by atoms with van der Waals surface area (Å²) in [5.74, 6) is -1.67. The first-order valence-electron chi connectivity index (χ1n) is 5.20. The Kier molecular flexibility index (Phi) is 4.05. The van der Waals surface area contributed by atoms with Gasteiger partial charge >= 0.3 is 6.18 Å². The van der Waals surface area contributed by atoms with Crippen LogP contribution in [0, 0.1) is 0 Å². The summed E-state index contributed by atoms with van der Waals surface area (Å²) in [6.07, 6.45) is -4.67. The molecule has 2 aromatic rings. The molecule has 0 aliphatic rings. The van der Waals surface area contributed by atoms with E-state index < -0.39 is 12.0 Å². The highest BCUT2D eigenvalue weighted by atomic mass is 79.9. The lowest BCUT2D eigenvalue weighted by molar-refractivity contribution is -0.144. The summed E-state index contributed by atoms with van der Waals surface area (Å²) in [5, 5.41) is 3.11. The van der Waals surface area contributed by atoms with Crippen LogP contribution in [0.5, 0.6) is 0 Å². The summed E-state index contributed by atoms with van der Waals surface area (Å²) < 4.78 is 38.3. The van der Waals surface area contributed by atoms with Crippen LogP contribution in [-0.4, -0.2) is 9.97 Å². The maximum atomic E-state index is 12.6. The van der Waals surface area contributed by atoms with Gasteiger partial charge in [-0.15, -0.1) is 0 Å². The van der Waals surface area contributed by atoms with Crippen molar-refractivity contribution in [3.8, 4) is 0 Å². The molecular weight excluding hydrogens is 360 g/mol. The van der Waals surface area contributed by atoms with Crippen LogP contribution in [0.4, 0.5) is 30.5 Å². The molecule has 0 saturated heterocycles. The Balaban J connectivity index is 2.39. The minimum Gasteiger partial charge on any atom is -0.384 e. The first-order valence-corrected chi connectivity index (χ1v) is 6.37. The highest BCUT2D eigenvalue weighted by Gasteiger charge is 2.35.